The van der Waals surface area contributed by atoms with Crippen LogP contribution in [0.25, 0.3) is 0 Å². The lowest BCUT2D eigenvalue weighted by atomic mass is 10.0. The molecule has 0 aliphatic heterocycles. The minimum absolute atomic E-state index is 0.219. The molecule has 1 unspecified atom stereocenters. The fraction of sp³-hybridized carbons (Fsp3) is 0.214. The van der Waals surface area contributed by atoms with Gasteiger partial charge in [0.2, 0.25) is 0 Å². The number of alkyl halides is 3. The molecule has 1 N–H and O–H groups in total. The normalized spacial score (nSPS) is 13.2. The zero-order valence-corrected chi connectivity index (χ0v) is 11.8. The second-order valence-electron chi connectivity index (χ2n) is 4.31. The molecule has 0 bridgehead atoms. The molecule has 1 atom stereocenters. The van der Waals surface area contributed by atoms with E-state index in [4.69, 9.17) is 0 Å². The summed E-state index contributed by atoms with van der Waals surface area (Å²) in [5.74, 6) is 0. The highest BCUT2D eigenvalue weighted by Crippen LogP contribution is 2.34. The van der Waals surface area contributed by atoms with E-state index in [2.05, 4.69) is 20.9 Å². The van der Waals surface area contributed by atoms with Crippen molar-refractivity contribution >= 4 is 15.9 Å². The van der Waals surface area contributed by atoms with E-state index in [1.807, 2.05) is 0 Å². The Morgan fingerprint density at radius 1 is 1.15 bits per heavy atom. The average molecular weight is 346 g/mol. The molecule has 0 fully saturated rings. The number of aliphatic hydroxyl groups is 1. The van der Waals surface area contributed by atoms with E-state index >= 15 is 0 Å². The molecule has 0 saturated carbocycles. The number of rotatable bonds is 3. The van der Waals surface area contributed by atoms with Crippen LogP contribution in [0.3, 0.4) is 0 Å². The van der Waals surface area contributed by atoms with Gasteiger partial charge in [-0.3, -0.25) is 4.98 Å². The number of aliphatic hydroxyl groups excluding tert-OH is 1. The lowest BCUT2D eigenvalue weighted by Crippen LogP contribution is -2.09. The largest absolute Gasteiger partial charge is 0.416 e. The van der Waals surface area contributed by atoms with Crippen LogP contribution in [0.15, 0.2) is 47.2 Å². The van der Waals surface area contributed by atoms with Gasteiger partial charge in [0.1, 0.15) is 0 Å². The number of halogens is 4. The zero-order valence-electron chi connectivity index (χ0n) is 10.2. The van der Waals surface area contributed by atoms with Crippen molar-refractivity contribution in [2.24, 2.45) is 0 Å². The summed E-state index contributed by atoms with van der Waals surface area (Å²) in [6, 6.07) is 6.67. The quantitative estimate of drug-likeness (QED) is 0.906. The van der Waals surface area contributed by atoms with Gasteiger partial charge in [-0.2, -0.15) is 13.2 Å². The predicted octanol–water partition coefficient (Wildman–Crippen LogP) is 4.14. The molecule has 0 aliphatic rings. The van der Waals surface area contributed by atoms with Crippen LogP contribution in [-0.4, -0.2) is 10.1 Å². The van der Waals surface area contributed by atoms with Crippen molar-refractivity contribution in [3.05, 3.63) is 63.9 Å². The first kappa shape index (κ1) is 15.0. The van der Waals surface area contributed by atoms with Gasteiger partial charge >= 0.3 is 6.18 Å². The highest BCUT2D eigenvalue weighted by Gasteiger charge is 2.31. The molecule has 1 aromatic heterocycles. The fourth-order valence-electron chi connectivity index (χ4n) is 1.83. The van der Waals surface area contributed by atoms with Crippen LogP contribution in [-0.2, 0) is 12.6 Å². The summed E-state index contributed by atoms with van der Waals surface area (Å²) in [6.45, 7) is 0. The van der Waals surface area contributed by atoms with Crippen LogP contribution < -0.4 is 0 Å². The van der Waals surface area contributed by atoms with Crippen LogP contribution in [0.4, 0.5) is 13.2 Å². The Bertz CT molecular complexity index is 587. The number of hydrogen-bond acceptors (Lipinski definition) is 2. The van der Waals surface area contributed by atoms with Crippen LogP contribution in [0.1, 0.15) is 22.8 Å². The van der Waals surface area contributed by atoms with Gasteiger partial charge in [0.25, 0.3) is 0 Å². The molecule has 0 saturated heterocycles. The molecule has 0 aliphatic carbocycles. The van der Waals surface area contributed by atoms with Gasteiger partial charge in [0.05, 0.1) is 11.7 Å². The lowest BCUT2D eigenvalue weighted by molar-refractivity contribution is -0.137. The lowest BCUT2D eigenvalue weighted by Gasteiger charge is -2.15. The van der Waals surface area contributed by atoms with E-state index in [-0.39, 0.29) is 12.0 Å². The number of hydrogen-bond donors (Lipinski definition) is 1. The van der Waals surface area contributed by atoms with Crippen molar-refractivity contribution in [3.63, 3.8) is 0 Å². The highest BCUT2D eigenvalue weighted by atomic mass is 79.9. The first-order valence-corrected chi connectivity index (χ1v) is 6.61. The molecular weight excluding hydrogens is 335 g/mol. The molecule has 0 amide bonds. The number of aromatic nitrogens is 1. The van der Waals surface area contributed by atoms with Crippen molar-refractivity contribution in [2.75, 3.05) is 0 Å². The molecule has 106 valence electrons. The van der Waals surface area contributed by atoms with Gasteiger partial charge < -0.3 is 5.11 Å². The Morgan fingerprint density at radius 3 is 2.40 bits per heavy atom. The number of nitrogens with zero attached hydrogens (tertiary/aromatic N) is 1. The van der Waals surface area contributed by atoms with E-state index in [0.29, 0.717) is 4.47 Å². The Balaban J connectivity index is 2.27. The van der Waals surface area contributed by atoms with Crippen molar-refractivity contribution in [1.29, 1.82) is 0 Å². The summed E-state index contributed by atoms with van der Waals surface area (Å²) < 4.78 is 38.5. The Labute approximate surface area is 122 Å². The summed E-state index contributed by atoms with van der Waals surface area (Å²) in [7, 11) is 0. The highest BCUT2D eigenvalue weighted by molar-refractivity contribution is 9.10. The van der Waals surface area contributed by atoms with Gasteiger partial charge in [-0.25, -0.2) is 0 Å². The zero-order chi connectivity index (χ0) is 14.8. The van der Waals surface area contributed by atoms with Gasteiger partial charge in [0.15, 0.2) is 0 Å². The smallest absolute Gasteiger partial charge is 0.388 e. The summed E-state index contributed by atoms with van der Waals surface area (Å²) in [5, 5.41) is 10.1. The molecule has 2 rings (SSSR count). The molecule has 1 aromatic carbocycles. The van der Waals surface area contributed by atoms with E-state index in [1.165, 1.54) is 6.07 Å². The van der Waals surface area contributed by atoms with Gasteiger partial charge in [-0.1, -0.05) is 15.9 Å². The maximum atomic E-state index is 12.7. The minimum atomic E-state index is -4.42. The summed E-state index contributed by atoms with van der Waals surface area (Å²) in [5.41, 5.74) is 0.248. The van der Waals surface area contributed by atoms with Crippen molar-refractivity contribution < 1.29 is 18.3 Å². The summed E-state index contributed by atoms with van der Waals surface area (Å²) in [6.07, 6.45) is -2.07. The van der Waals surface area contributed by atoms with Gasteiger partial charge in [-0.05, 0) is 41.5 Å². The summed E-state index contributed by atoms with van der Waals surface area (Å²) in [4.78, 5) is 3.85. The van der Waals surface area contributed by atoms with Crippen LogP contribution in [0.2, 0.25) is 0 Å². The third-order valence-electron chi connectivity index (χ3n) is 2.86. The van der Waals surface area contributed by atoms with Crippen LogP contribution in [0.5, 0.6) is 0 Å². The van der Waals surface area contributed by atoms with Crippen molar-refractivity contribution in [3.8, 4) is 0 Å². The van der Waals surface area contributed by atoms with Crippen LogP contribution >= 0.6 is 15.9 Å². The maximum Gasteiger partial charge on any atom is 0.416 e. The van der Waals surface area contributed by atoms with E-state index < -0.39 is 17.8 Å². The minimum Gasteiger partial charge on any atom is -0.388 e. The molecule has 2 aromatic rings. The third-order valence-corrected chi connectivity index (χ3v) is 3.58. The van der Waals surface area contributed by atoms with E-state index in [9.17, 15) is 18.3 Å². The van der Waals surface area contributed by atoms with Gasteiger partial charge in [-0.15, -0.1) is 0 Å². The standard InChI is InChI=1S/C14H11BrF3NO/c15-12-2-1-10(14(16,17)18)8-11(12)13(20)7-9-3-5-19-6-4-9/h1-6,8,13,20H,7H2. The first-order valence-electron chi connectivity index (χ1n) is 5.81. The monoisotopic (exact) mass is 345 g/mol. The predicted molar refractivity (Wildman–Crippen MR) is 72.0 cm³/mol. The molecular formula is C14H11BrF3NO. The van der Waals surface area contributed by atoms with Crippen LogP contribution in [0, 0.1) is 0 Å². The molecule has 2 nitrogen and oxygen atoms in total. The van der Waals surface area contributed by atoms with Crippen molar-refractivity contribution in [2.45, 2.75) is 18.7 Å². The number of pyridine rings is 1. The van der Waals surface area contributed by atoms with E-state index in [0.717, 1.165) is 17.7 Å². The topological polar surface area (TPSA) is 33.1 Å². The molecule has 20 heavy (non-hydrogen) atoms. The van der Waals surface area contributed by atoms with Crippen molar-refractivity contribution in [1.82, 2.24) is 4.98 Å². The first-order chi connectivity index (χ1) is 9.38. The Morgan fingerprint density at radius 2 is 1.80 bits per heavy atom. The third kappa shape index (κ3) is 3.58. The SMILES string of the molecule is OC(Cc1ccncc1)c1cc(C(F)(F)F)ccc1Br. The second-order valence-corrected chi connectivity index (χ2v) is 5.16. The molecule has 1 heterocycles. The van der Waals surface area contributed by atoms with Gasteiger partial charge in [0, 0.05) is 23.3 Å². The number of benzene rings is 1. The van der Waals surface area contributed by atoms with E-state index in [1.54, 1.807) is 24.5 Å². The summed E-state index contributed by atoms with van der Waals surface area (Å²) >= 11 is 3.17. The molecule has 0 radical (unpaired) electrons. The Hall–Kier alpha value is -1.40. The molecule has 6 heteroatoms. The second kappa shape index (κ2) is 5.93. The Kier molecular flexibility index (Phi) is 4.45. The average Bonchev–Trinajstić information content (AvgIpc) is 2.39. The maximum absolute atomic E-state index is 12.7. The fourth-order valence-corrected chi connectivity index (χ4v) is 2.34. The molecule has 0 spiro atoms.